The summed E-state index contributed by atoms with van der Waals surface area (Å²) < 4.78 is 12.0. The largest absolute Gasteiger partial charge is 0.390 e. The number of hydrogen-bond donors (Lipinski definition) is 1. The predicted octanol–water partition coefficient (Wildman–Crippen LogP) is 1.14. The molecule has 5 heteroatoms. The molecule has 1 atom stereocenters. The lowest BCUT2D eigenvalue weighted by Gasteiger charge is -2.09. The normalized spacial score (nSPS) is 13.0. The van der Waals surface area contributed by atoms with Gasteiger partial charge in [-0.3, -0.25) is 4.68 Å². The molecule has 0 spiro atoms. The average molecular weight is 264 g/mol. The number of aromatic nitrogens is 2. The van der Waals surface area contributed by atoms with E-state index in [1.165, 1.54) is 0 Å². The molecule has 0 aliphatic rings. The van der Waals surface area contributed by atoms with Crippen molar-refractivity contribution in [1.29, 1.82) is 0 Å². The van der Waals surface area contributed by atoms with E-state index in [-0.39, 0.29) is 0 Å². The van der Waals surface area contributed by atoms with Crippen molar-refractivity contribution >= 4 is 10.9 Å². The second-order valence-corrected chi connectivity index (χ2v) is 4.51. The highest BCUT2D eigenvalue weighted by atomic mass is 16.5. The first kappa shape index (κ1) is 14.0. The highest BCUT2D eigenvalue weighted by molar-refractivity contribution is 5.81. The summed E-state index contributed by atoms with van der Waals surface area (Å²) in [5.74, 6) is 0. The molecule has 104 valence electrons. The Labute approximate surface area is 112 Å². The zero-order valence-electron chi connectivity index (χ0n) is 11.4. The number of aliphatic hydroxyl groups excluding tert-OH is 1. The van der Waals surface area contributed by atoms with E-state index in [4.69, 9.17) is 9.47 Å². The number of benzene rings is 1. The van der Waals surface area contributed by atoms with Gasteiger partial charge in [0.05, 0.1) is 37.1 Å². The molecular weight excluding hydrogens is 244 g/mol. The topological polar surface area (TPSA) is 56.5 Å². The number of para-hydroxylation sites is 1. The van der Waals surface area contributed by atoms with E-state index < -0.39 is 6.10 Å². The summed E-state index contributed by atoms with van der Waals surface area (Å²) in [6.45, 7) is 1.34. The van der Waals surface area contributed by atoms with Gasteiger partial charge >= 0.3 is 0 Å². The maximum atomic E-state index is 9.96. The molecule has 0 saturated carbocycles. The lowest BCUT2D eigenvalue weighted by atomic mass is 10.1. The van der Waals surface area contributed by atoms with Crippen molar-refractivity contribution in [2.45, 2.75) is 12.5 Å². The molecule has 0 amide bonds. The Balaban J connectivity index is 1.97. The average Bonchev–Trinajstić information content (AvgIpc) is 2.72. The monoisotopic (exact) mass is 264 g/mol. The summed E-state index contributed by atoms with van der Waals surface area (Å²) in [6, 6.07) is 8.01. The number of aliphatic hydroxyl groups is 1. The third kappa shape index (κ3) is 3.53. The highest BCUT2D eigenvalue weighted by Crippen LogP contribution is 2.18. The summed E-state index contributed by atoms with van der Waals surface area (Å²) in [5, 5.41) is 15.5. The smallest absolute Gasteiger partial charge is 0.0829 e. The fraction of sp³-hybridized carbons (Fsp3) is 0.500. The fourth-order valence-electron chi connectivity index (χ4n) is 2.08. The zero-order chi connectivity index (χ0) is 13.7. The van der Waals surface area contributed by atoms with Gasteiger partial charge in [0.15, 0.2) is 0 Å². The Kier molecular flexibility index (Phi) is 4.90. The van der Waals surface area contributed by atoms with Gasteiger partial charge < -0.3 is 14.6 Å². The van der Waals surface area contributed by atoms with E-state index in [1.54, 1.807) is 7.11 Å². The summed E-state index contributed by atoms with van der Waals surface area (Å²) in [4.78, 5) is 0. The molecule has 1 aromatic heterocycles. The third-order valence-electron chi connectivity index (χ3n) is 3.01. The molecule has 0 aliphatic heterocycles. The van der Waals surface area contributed by atoms with Crippen molar-refractivity contribution < 1.29 is 14.6 Å². The number of ether oxygens (including phenoxy) is 2. The number of hydrogen-bond acceptors (Lipinski definition) is 4. The summed E-state index contributed by atoms with van der Waals surface area (Å²) in [5.41, 5.74) is 1.98. The van der Waals surface area contributed by atoms with Gasteiger partial charge in [0.1, 0.15) is 0 Å². The molecule has 0 aliphatic carbocycles. The van der Waals surface area contributed by atoms with Crippen LogP contribution in [0.2, 0.25) is 0 Å². The van der Waals surface area contributed by atoms with Crippen LogP contribution in [0.4, 0.5) is 0 Å². The van der Waals surface area contributed by atoms with Crippen molar-refractivity contribution in [2.24, 2.45) is 7.05 Å². The van der Waals surface area contributed by atoms with Gasteiger partial charge in [0, 0.05) is 26.0 Å². The van der Waals surface area contributed by atoms with Gasteiger partial charge in [-0.25, -0.2) is 0 Å². The fourth-order valence-corrected chi connectivity index (χ4v) is 2.08. The second kappa shape index (κ2) is 6.65. The van der Waals surface area contributed by atoms with Crippen LogP contribution in [0.1, 0.15) is 5.69 Å². The molecule has 0 saturated heterocycles. The van der Waals surface area contributed by atoms with E-state index in [9.17, 15) is 5.11 Å². The Hall–Kier alpha value is -1.43. The molecule has 5 nitrogen and oxygen atoms in total. The molecule has 1 unspecified atom stereocenters. The molecule has 19 heavy (non-hydrogen) atoms. The standard InChI is InChI=1S/C14H20N2O3/c1-16-14-6-4-3-5-12(14)13(15-16)9-11(17)10-19-8-7-18-2/h3-6,11,17H,7-10H2,1-2H3. The van der Waals surface area contributed by atoms with Crippen LogP contribution < -0.4 is 0 Å². The van der Waals surface area contributed by atoms with Crippen molar-refractivity contribution in [3.05, 3.63) is 30.0 Å². The predicted molar refractivity (Wildman–Crippen MR) is 73.1 cm³/mol. The van der Waals surface area contributed by atoms with E-state index in [1.807, 2.05) is 36.0 Å². The SMILES string of the molecule is COCCOCC(O)Cc1nn(C)c2ccccc12. The molecule has 2 rings (SSSR count). The van der Waals surface area contributed by atoms with Crippen molar-refractivity contribution in [2.75, 3.05) is 26.9 Å². The van der Waals surface area contributed by atoms with Crippen LogP contribution in [0.3, 0.4) is 0 Å². The van der Waals surface area contributed by atoms with Gasteiger partial charge in [-0.1, -0.05) is 18.2 Å². The van der Waals surface area contributed by atoms with E-state index in [0.29, 0.717) is 26.2 Å². The minimum atomic E-state index is -0.546. The molecule has 1 N–H and O–H groups in total. The second-order valence-electron chi connectivity index (χ2n) is 4.51. The van der Waals surface area contributed by atoms with Gasteiger partial charge in [0.25, 0.3) is 0 Å². The minimum Gasteiger partial charge on any atom is -0.390 e. The van der Waals surface area contributed by atoms with Crippen LogP contribution in [-0.4, -0.2) is 47.9 Å². The quantitative estimate of drug-likeness (QED) is 0.762. The van der Waals surface area contributed by atoms with Gasteiger partial charge in [-0.15, -0.1) is 0 Å². The van der Waals surface area contributed by atoms with Crippen molar-refractivity contribution in [3.8, 4) is 0 Å². The molecule has 2 aromatic rings. The number of fused-ring (bicyclic) bond motifs is 1. The molecule has 1 aromatic carbocycles. The first-order valence-corrected chi connectivity index (χ1v) is 6.37. The Morgan fingerprint density at radius 3 is 2.89 bits per heavy atom. The number of nitrogens with zero attached hydrogens (tertiary/aromatic N) is 2. The zero-order valence-corrected chi connectivity index (χ0v) is 11.4. The van der Waals surface area contributed by atoms with Gasteiger partial charge in [-0.05, 0) is 6.07 Å². The van der Waals surface area contributed by atoms with Crippen LogP contribution in [-0.2, 0) is 22.9 Å². The minimum absolute atomic E-state index is 0.300. The molecule has 1 heterocycles. The van der Waals surface area contributed by atoms with Crippen LogP contribution in [0, 0.1) is 0 Å². The number of aryl methyl sites for hydroxylation is 1. The lowest BCUT2D eigenvalue weighted by molar-refractivity contribution is 0.0134. The molecule has 0 fully saturated rings. The maximum Gasteiger partial charge on any atom is 0.0829 e. The summed E-state index contributed by atoms with van der Waals surface area (Å²) in [6.07, 6.45) is -0.0518. The Bertz CT molecular complexity index is 524. The van der Waals surface area contributed by atoms with Crippen LogP contribution >= 0.6 is 0 Å². The molecule has 0 radical (unpaired) electrons. The molecule has 0 bridgehead atoms. The Morgan fingerprint density at radius 2 is 2.11 bits per heavy atom. The first-order chi connectivity index (χ1) is 9.22. The van der Waals surface area contributed by atoms with Crippen LogP contribution in [0.15, 0.2) is 24.3 Å². The highest BCUT2D eigenvalue weighted by Gasteiger charge is 2.12. The van der Waals surface area contributed by atoms with Crippen molar-refractivity contribution in [3.63, 3.8) is 0 Å². The summed E-state index contributed by atoms with van der Waals surface area (Å²) in [7, 11) is 3.53. The molecular formula is C14H20N2O3. The van der Waals surface area contributed by atoms with Crippen molar-refractivity contribution in [1.82, 2.24) is 9.78 Å². The van der Waals surface area contributed by atoms with E-state index in [0.717, 1.165) is 16.6 Å². The summed E-state index contributed by atoms with van der Waals surface area (Å²) >= 11 is 0. The maximum absolute atomic E-state index is 9.96. The first-order valence-electron chi connectivity index (χ1n) is 6.37. The number of rotatable bonds is 7. The van der Waals surface area contributed by atoms with Crippen LogP contribution in [0.25, 0.3) is 10.9 Å². The van der Waals surface area contributed by atoms with Crippen LogP contribution in [0.5, 0.6) is 0 Å². The third-order valence-corrected chi connectivity index (χ3v) is 3.01. The van der Waals surface area contributed by atoms with Gasteiger partial charge in [0.2, 0.25) is 0 Å². The van der Waals surface area contributed by atoms with Gasteiger partial charge in [-0.2, -0.15) is 5.10 Å². The van der Waals surface area contributed by atoms with E-state index in [2.05, 4.69) is 5.10 Å². The lowest BCUT2D eigenvalue weighted by Crippen LogP contribution is -2.20. The number of methoxy groups -OCH3 is 1. The Morgan fingerprint density at radius 1 is 1.32 bits per heavy atom. The van der Waals surface area contributed by atoms with E-state index >= 15 is 0 Å².